The predicted octanol–water partition coefficient (Wildman–Crippen LogP) is -0.847. The number of nitrogens with one attached hydrogen (secondary N) is 1. The molecule has 1 aliphatic carbocycles. The fourth-order valence-electron chi connectivity index (χ4n) is 1.41. The van der Waals surface area contributed by atoms with Gasteiger partial charge in [-0.15, -0.1) is 0 Å². The Hall–Kier alpha value is -0.660. The Labute approximate surface area is 88.3 Å². The Bertz CT molecular complexity index is 333. The zero-order valence-electron chi connectivity index (χ0n) is 8.27. The van der Waals surface area contributed by atoms with Crippen molar-refractivity contribution in [1.82, 2.24) is 4.72 Å². The Kier molecular flexibility index (Phi) is 3.69. The van der Waals surface area contributed by atoms with Gasteiger partial charge in [-0.25, -0.2) is 13.1 Å². The van der Waals surface area contributed by atoms with Crippen LogP contribution in [-0.4, -0.2) is 43.5 Å². The molecule has 15 heavy (non-hydrogen) atoms. The van der Waals surface area contributed by atoms with Crippen LogP contribution in [0.25, 0.3) is 0 Å². The summed E-state index contributed by atoms with van der Waals surface area (Å²) in [4.78, 5) is 10.2. The van der Waals surface area contributed by atoms with Gasteiger partial charge >= 0.3 is 5.97 Å². The van der Waals surface area contributed by atoms with Crippen molar-refractivity contribution in [3.05, 3.63) is 0 Å². The van der Waals surface area contributed by atoms with Gasteiger partial charge in [0.25, 0.3) is 0 Å². The molecule has 1 saturated carbocycles. The lowest BCUT2D eigenvalue weighted by Gasteiger charge is -2.13. The molecule has 3 N–H and O–H groups in total. The van der Waals surface area contributed by atoms with Crippen LogP contribution < -0.4 is 4.72 Å². The number of carboxylic acid groups (broad SMARTS) is 1. The number of aliphatic hydroxyl groups excluding tert-OH is 1. The van der Waals surface area contributed by atoms with Crippen molar-refractivity contribution in [2.45, 2.75) is 19.3 Å². The van der Waals surface area contributed by atoms with Gasteiger partial charge in [0.15, 0.2) is 5.75 Å². The summed E-state index contributed by atoms with van der Waals surface area (Å²) in [6.07, 6.45) is 2.31. The minimum absolute atomic E-state index is 0.0284. The molecule has 0 heterocycles. The Morgan fingerprint density at radius 2 is 2.00 bits per heavy atom. The van der Waals surface area contributed by atoms with Crippen molar-refractivity contribution in [3.8, 4) is 0 Å². The number of rotatable bonds is 7. The van der Waals surface area contributed by atoms with E-state index in [0.717, 1.165) is 12.8 Å². The minimum atomic E-state index is -3.72. The molecule has 0 amide bonds. The third kappa shape index (κ3) is 4.15. The largest absolute Gasteiger partial charge is 0.480 e. The van der Waals surface area contributed by atoms with E-state index in [1.54, 1.807) is 0 Å². The highest BCUT2D eigenvalue weighted by Gasteiger charge is 2.42. The maximum absolute atomic E-state index is 11.2. The van der Waals surface area contributed by atoms with Crippen molar-refractivity contribution in [1.29, 1.82) is 0 Å². The van der Waals surface area contributed by atoms with Gasteiger partial charge in [-0.1, -0.05) is 0 Å². The third-order valence-electron chi connectivity index (χ3n) is 2.58. The zero-order chi connectivity index (χ0) is 11.5. The predicted molar refractivity (Wildman–Crippen MR) is 52.8 cm³/mol. The number of aliphatic hydroxyl groups is 1. The second kappa shape index (κ2) is 4.46. The Morgan fingerprint density at radius 3 is 2.40 bits per heavy atom. The number of hydrogen-bond donors (Lipinski definition) is 3. The van der Waals surface area contributed by atoms with Crippen molar-refractivity contribution in [2.24, 2.45) is 5.41 Å². The molecular weight excluding hydrogens is 222 g/mol. The molecule has 0 aromatic heterocycles. The summed E-state index contributed by atoms with van der Waals surface area (Å²) in [6.45, 7) is 0.254. The van der Waals surface area contributed by atoms with E-state index < -0.39 is 21.7 Å². The zero-order valence-corrected chi connectivity index (χ0v) is 9.09. The van der Waals surface area contributed by atoms with Crippen LogP contribution in [0.3, 0.4) is 0 Å². The van der Waals surface area contributed by atoms with E-state index in [1.807, 2.05) is 0 Å². The number of sulfonamides is 1. The fraction of sp³-hybridized carbons (Fsp3) is 0.875. The SMILES string of the molecule is O=C(O)CS(=O)(=O)NCC1(CCO)CC1. The van der Waals surface area contributed by atoms with Crippen LogP contribution in [0.4, 0.5) is 0 Å². The van der Waals surface area contributed by atoms with Crippen LogP contribution in [-0.2, 0) is 14.8 Å². The van der Waals surface area contributed by atoms with Crippen LogP contribution in [0.15, 0.2) is 0 Å². The van der Waals surface area contributed by atoms with E-state index in [4.69, 9.17) is 10.2 Å². The molecule has 0 bridgehead atoms. The van der Waals surface area contributed by atoms with Crippen LogP contribution in [0.1, 0.15) is 19.3 Å². The lowest BCUT2D eigenvalue weighted by Crippen LogP contribution is -2.34. The van der Waals surface area contributed by atoms with E-state index >= 15 is 0 Å². The monoisotopic (exact) mass is 237 g/mol. The van der Waals surface area contributed by atoms with Crippen LogP contribution in [0.5, 0.6) is 0 Å². The molecule has 0 saturated heterocycles. The maximum Gasteiger partial charge on any atom is 0.320 e. The van der Waals surface area contributed by atoms with Gasteiger partial charge in [0, 0.05) is 13.2 Å². The highest BCUT2D eigenvalue weighted by atomic mass is 32.2. The van der Waals surface area contributed by atoms with E-state index in [2.05, 4.69) is 4.72 Å². The van der Waals surface area contributed by atoms with Crippen molar-refractivity contribution in [3.63, 3.8) is 0 Å². The lowest BCUT2D eigenvalue weighted by atomic mass is 10.0. The molecular formula is C8H15NO5S. The molecule has 0 aromatic rings. The summed E-state index contributed by atoms with van der Waals surface area (Å²) in [5.74, 6) is -2.27. The molecule has 88 valence electrons. The van der Waals surface area contributed by atoms with Crippen molar-refractivity contribution in [2.75, 3.05) is 18.9 Å². The molecule has 1 rings (SSSR count). The molecule has 0 radical (unpaired) electrons. The summed E-state index contributed by atoms with van der Waals surface area (Å²) < 4.78 is 24.6. The first kappa shape index (κ1) is 12.4. The summed E-state index contributed by atoms with van der Waals surface area (Å²) in [7, 11) is -3.72. The average Bonchev–Trinajstić information content (AvgIpc) is 2.81. The molecule has 6 nitrogen and oxygen atoms in total. The van der Waals surface area contributed by atoms with Gasteiger partial charge < -0.3 is 10.2 Å². The molecule has 7 heteroatoms. The molecule has 0 atom stereocenters. The second-order valence-corrected chi connectivity index (χ2v) is 5.75. The van der Waals surface area contributed by atoms with E-state index in [0.29, 0.717) is 6.42 Å². The molecule has 0 unspecified atom stereocenters. The highest BCUT2D eigenvalue weighted by Crippen LogP contribution is 2.47. The summed E-state index contributed by atoms with van der Waals surface area (Å²) >= 11 is 0. The summed E-state index contributed by atoms with van der Waals surface area (Å²) in [5.41, 5.74) is -0.139. The molecule has 1 fully saturated rings. The fourth-order valence-corrected chi connectivity index (χ4v) is 2.36. The first-order chi connectivity index (χ1) is 6.89. The van der Waals surface area contributed by atoms with Crippen LogP contribution >= 0.6 is 0 Å². The van der Waals surface area contributed by atoms with E-state index in [9.17, 15) is 13.2 Å². The van der Waals surface area contributed by atoms with Crippen molar-refractivity contribution >= 4 is 16.0 Å². The Balaban J connectivity index is 2.39. The van der Waals surface area contributed by atoms with Gasteiger partial charge in [-0.3, -0.25) is 4.79 Å². The topological polar surface area (TPSA) is 104 Å². The van der Waals surface area contributed by atoms with Gasteiger partial charge in [0.05, 0.1) is 0 Å². The smallest absolute Gasteiger partial charge is 0.320 e. The van der Waals surface area contributed by atoms with E-state index in [1.165, 1.54) is 0 Å². The minimum Gasteiger partial charge on any atom is -0.480 e. The molecule has 0 aliphatic heterocycles. The normalized spacial score (nSPS) is 18.7. The number of carbonyl (C=O) groups is 1. The standard InChI is InChI=1S/C8H15NO5S/c10-4-3-8(1-2-8)6-9-15(13,14)5-7(11)12/h9-10H,1-6H2,(H,11,12). The maximum atomic E-state index is 11.2. The first-order valence-corrected chi connectivity index (χ1v) is 6.34. The van der Waals surface area contributed by atoms with E-state index in [-0.39, 0.29) is 18.6 Å². The van der Waals surface area contributed by atoms with Gasteiger partial charge in [0.1, 0.15) is 0 Å². The quantitative estimate of drug-likeness (QED) is 0.535. The van der Waals surface area contributed by atoms with Gasteiger partial charge in [0.2, 0.25) is 10.0 Å². The first-order valence-electron chi connectivity index (χ1n) is 4.69. The summed E-state index contributed by atoms with van der Waals surface area (Å²) in [5, 5.41) is 17.1. The molecule has 1 aliphatic rings. The molecule has 0 spiro atoms. The average molecular weight is 237 g/mol. The number of hydrogen-bond acceptors (Lipinski definition) is 4. The second-order valence-electron chi connectivity index (χ2n) is 3.95. The van der Waals surface area contributed by atoms with Crippen LogP contribution in [0, 0.1) is 5.41 Å². The summed E-state index contributed by atoms with van der Waals surface area (Å²) in [6, 6.07) is 0. The number of aliphatic carboxylic acids is 1. The van der Waals surface area contributed by atoms with Crippen molar-refractivity contribution < 1.29 is 23.4 Å². The third-order valence-corrected chi connectivity index (χ3v) is 3.79. The van der Waals surface area contributed by atoms with Gasteiger partial charge in [-0.05, 0) is 24.7 Å². The highest BCUT2D eigenvalue weighted by molar-refractivity contribution is 7.90. The lowest BCUT2D eigenvalue weighted by molar-refractivity contribution is -0.134. The van der Waals surface area contributed by atoms with Crippen LogP contribution in [0.2, 0.25) is 0 Å². The Morgan fingerprint density at radius 1 is 1.40 bits per heavy atom. The number of carboxylic acids is 1. The molecule has 0 aromatic carbocycles. The van der Waals surface area contributed by atoms with Gasteiger partial charge in [-0.2, -0.15) is 0 Å².